The molecule has 2 aliphatic rings. The normalized spacial score (nSPS) is 20.6. The molecule has 2 aliphatic carbocycles. The minimum absolute atomic E-state index is 0.133. The Morgan fingerprint density at radius 3 is 1.66 bits per heavy atom. The SMILES string of the molecule is N[C@@H]1CCCc2c(OCCOCCOc3cccc4c3CCC[C@H]4N)cccc21. The number of benzene rings is 2. The number of nitrogens with two attached hydrogens (primary N) is 2. The van der Waals surface area contributed by atoms with E-state index < -0.39 is 0 Å². The van der Waals surface area contributed by atoms with E-state index in [1.54, 1.807) is 0 Å². The van der Waals surface area contributed by atoms with Gasteiger partial charge >= 0.3 is 0 Å². The average Bonchev–Trinajstić information content (AvgIpc) is 2.74. The summed E-state index contributed by atoms with van der Waals surface area (Å²) in [6, 6.07) is 12.6. The smallest absolute Gasteiger partial charge is 0.122 e. The highest BCUT2D eigenvalue weighted by Crippen LogP contribution is 2.35. The zero-order chi connectivity index (χ0) is 20.1. The first kappa shape index (κ1) is 20.2. The Bertz CT molecular complexity index is 756. The van der Waals surface area contributed by atoms with E-state index in [-0.39, 0.29) is 12.1 Å². The Kier molecular flexibility index (Phi) is 6.70. The van der Waals surface area contributed by atoms with Gasteiger partial charge in [0.25, 0.3) is 0 Å². The van der Waals surface area contributed by atoms with Crippen LogP contribution < -0.4 is 20.9 Å². The molecule has 0 aliphatic heterocycles. The Morgan fingerprint density at radius 1 is 0.690 bits per heavy atom. The van der Waals surface area contributed by atoms with Crippen LogP contribution in [-0.4, -0.2) is 26.4 Å². The summed E-state index contributed by atoms with van der Waals surface area (Å²) in [4.78, 5) is 0. The van der Waals surface area contributed by atoms with Crippen LogP contribution in [0.5, 0.6) is 11.5 Å². The molecule has 0 saturated heterocycles. The maximum atomic E-state index is 6.22. The van der Waals surface area contributed by atoms with Crippen molar-refractivity contribution in [3.05, 3.63) is 58.7 Å². The zero-order valence-corrected chi connectivity index (χ0v) is 17.1. The molecule has 4 rings (SSSR count). The summed E-state index contributed by atoms with van der Waals surface area (Å²) in [5.41, 5.74) is 17.4. The van der Waals surface area contributed by atoms with E-state index >= 15 is 0 Å². The first-order chi connectivity index (χ1) is 14.2. The first-order valence-electron chi connectivity index (χ1n) is 10.8. The summed E-state index contributed by atoms with van der Waals surface area (Å²) in [6.07, 6.45) is 6.43. The van der Waals surface area contributed by atoms with Gasteiger partial charge in [-0.2, -0.15) is 0 Å². The Hall–Kier alpha value is -2.08. The first-order valence-corrected chi connectivity index (χ1v) is 10.8. The molecule has 156 valence electrons. The fourth-order valence-corrected chi connectivity index (χ4v) is 4.50. The second-order valence-electron chi connectivity index (χ2n) is 7.95. The Labute approximate surface area is 173 Å². The largest absolute Gasteiger partial charge is 0.491 e. The van der Waals surface area contributed by atoms with Gasteiger partial charge in [0.1, 0.15) is 24.7 Å². The van der Waals surface area contributed by atoms with Gasteiger partial charge in [0.2, 0.25) is 0 Å². The molecule has 29 heavy (non-hydrogen) atoms. The van der Waals surface area contributed by atoms with Crippen LogP contribution in [0.1, 0.15) is 60.0 Å². The molecule has 0 fully saturated rings. The predicted molar refractivity (Wildman–Crippen MR) is 114 cm³/mol. The van der Waals surface area contributed by atoms with Gasteiger partial charge in [0.15, 0.2) is 0 Å². The van der Waals surface area contributed by atoms with E-state index in [1.807, 2.05) is 24.3 Å². The van der Waals surface area contributed by atoms with Gasteiger partial charge in [0.05, 0.1) is 13.2 Å². The zero-order valence-electron chi connectivity index (χ0n) is 17.1. The highest BCUT2D eigenvalue weighted by Gasteiger charge is 2.20. The van der Waals surface area contributed by atoms with Crippen molar-refractivity contribution in [2.45, 2.75) is 50.6 Å². The third kappa shape index (κ3) is 4.74. The van der Waals surface area contributed by atoms with Crippen LogP contribution in [0.15, 0.2) is 36.4 Å². The standard InChI is InChI=1S/C24H32N2O3/c25-21-9-1-7-19-17(21)5-3-11-23(19)28-15-13-27-14-16-29-24-12-4-6-18-20(24)8-2-10-22(18)26/h3-6,11-12,21-22H,1-2,7-10,13-16,25-26H2/t21-,22-/m1/s1. The van der Waals surface area contributed by atoms with Gasteiger partial charge in [-0.3, -0.25) is 0 Å². The van der Waals surface area contributed by atoms with Crippen LogP contribution in [0.3, 0.4) is 0 Å². The second kappa shape index (κ2) is 9.61. The molecule has 0 unspecified atom stereocenters. The summed E-state index contributed by atoms with van der Waals surface area (Å²) < 4.78 is 17.6. The lowest BCUT2D eigenvalue weighted by molar-refractivity contribution is 0.0758. The summed E-state index contributed by atoms with van der Waals surface area (Å²) in [5, 5.41) is 0. The number of hydrogen-bond donors (Lipinski definition) is 2. The van der Waals surface area contributed by atoms with Crippen molar-refractivity contribution in [2.24, 2.45) is 11.5 Å². The third-order valence-corrected chi connectivity index (χ3v) is 5.99. The fourth-order valence-electron chi connectivity index (χ4n) is 4.50. The molecule has 5 nitrogen and oxygen atoms in total. The van der Waals surface area contributed by atoms with E-state index in [9.17, 15) is 0 Å². The lowest BCUT2D eigenvalue weighted by atomic mass is 9.88. The molecule has 2 aromatic carbocycles. The quantitative estimate of drug-likeness (QED) is 0.663. The Morgan fingerprint density at radius 2 is 1.17 bits per heavy atom. The monoisotopic (exact) mass is 396 g/mol. The summed E-state index contributed by atoms with van der Waals surface area (Å²) >= 11 is 0. The predicted octanol–water partition coefficient (Wildman–Crippen LogP) is 3.83. The van der Waals surface area contributed by atoms with Crippen LogP contribution in [0.4, 0.5) is 0 Å². The maximum absolute atomic E-state index is 6.22. The number of rotatable bonds is 8. The molecule has 4 N–H and O–H groups in total. The van der Waals surface area contributed by atoms with Crippen LogP contribution in [0.2, 0.25) is 0 Å². The van der Waals surface area contributed by atoms with Gasteiger partial charge in [0, 0.05) is 12.1 Å². The van der Waals surface area contributed by atoms with Crippen molar-refractivity contribution in [3.63, 3.8) is 0 Å². The van der Waals surface area contributed by atoms with Crippen molar-refractivity contribution in [1.29, 1.82) is 0 Å². The van der Waals surface area contributed by atoms with Crippen molar-refractivity contribution in [1.82, 2.24) is 0 Å². The number of ether oxygens (including phenoxy) is 3. The lowest BCUT2D eigenvalue weighted by Crippen LogP contribution is -2.19. The molecule has 0 aromatic heterocycles. The molecular formula is C24H32N2O3. The molecule has 2 aromatic rings. The van der Waals surface area contributed by atoms with Gasteiger partial charge in [-0.25, -0.2) is 0 Å². The fraction of sp³-hybridized carbons (Fsp3) is 0.500. The van der Waals surface area contributed by atoms with Gasteiger partial charge in [-0.15, -0.1) is 0 Å². The van der Waals surface area contributed by atoms with Crippen LogP contribution in [0.25, 0.3) is 0 Å². The molecule has 2 atom stereocenters. The maximum Gasteiger partial charge on any atom is 0.122 e. The van der Waals surface area contributed by atoms with Gasteiger partial charge in [-0.1, -0.05) is 24.3 Å². The molecule has 0 heterocycles. The number of fused-ring (bicyclic) bond motifs is 2. The highest BCUT2D eigenvalue weighted by atomic mass is 16.5. The van der Waals surface area contributed by atoms with Crippen LogP contribution in [0, 0.1) is 0 Å². The molecule has 0 amide bonds. The van der Waals surface area contributed by atoms with Crippen molar-refractivity contribution >= 4 is 0 Å². The number of hydrogen-bond acceptors (Lipinski definition) is 5. The summed E-state index contributed by atoms with van der Waals surface area (Å²) in [7, 11) is 0. The van der Waals surface area contributed by atoms with E-state index in [0.717, 1.165) is 50.0 Å². The van der Waals surface area contributed by atoms with E-state index in [0.29, 0.717) is 26.4 Å². The van der Waals surface area contributed by atoms with E-state index in [4.69, 9.17) is 25.7 Å². The lowest BCUT2D eigenvalue weighted by Gasteiger charge is -2.24. The Balaban J connectivity index is 1.19. The van der Waals surface area contributed by atoms with Crippen molar-refractivity contribution in [2.75, 3.05) is 26.4 Å². The van der Waals surface area contributed by atoms with E-state index in [1.165, 1.54) is 22.3 Å². The molecule has 0 radical (unpaired) electrons. The van der Waals surface area contributed by atoms with Gasteiger partial charge < -0.3 is 25.7 Å². The van der Waals surface area contributed by atoms with Gasteiger partial charge in [-0.05, 0) is 72.9 Å². The van der Waals surface area contributed by atoms with Crippen LogP contribution >= 0.6 is 0 Å². The molecule has 0 spiro atoms. The highest BCUT2D eigenvalue weighted by molar-refractivity contribution is 5.44. The van der Waals surface area contributed by atoms with Crippen LogP contribution in [-0.2, 0) is 17.6 Å². The molecule has 0 saturated carbocycles. The third-order valence-electron chi connectivity index (χ3n) is 5.99. The molecule has 0 bridgehead atoms. The molecular weight excluding hydrogens is 364 g/mol. The average molecular weight is 397 g/mol. The van der Waals surface area contributed by atoms with Crippen molar-refractivity contribution in [3.8, 4) is 11.5 Å². The minimum atomic E-state index is 0.133. The topological polar surface area (TPSA) is 79.7 Å². The van der Waals surface area contributed by atoms with E-state index in [2.05, 4.69) is 12.1 Å². The molecule has 5 heteroatoms. The minimum Gasteiger partial charge on any atom is -0.491 e. The van der Waals surface area contributed by atoms with Crippen molar-refractivity contribution < 1.29 is 14.2 Å². The summed E-state index contributed by atoms with van der Waals surface area (Å²) in [5.74, 6) is 1.90. The second-order valence-corrected chi connectivity index (χ2v) is 7.95. The summed E-state index contributed by atoms with van der Waals surface area (Å²) in [6.45, 7) is 2.14.